The molecule has 96 valence electrons. The first-order valence-electron chi connectivity index (χ1n) is 5.60. The van der Waals surface area contributed by atoms with Crippen LogP contribution < -0.4 is 0 Å². The summed E-state index contributed by atoms with van der Waals surface area (Å²) in [6.45, 7) is 2.24. The van der Waals surface area contributed by atoms with Crippen LogP contribution in [0, 0.1) is 6.92 Å². The lowest BCUT2D eigenvalue weighted by atomic mass is 10.2. The zero-order valence-electron chi connectivity index (χ0n) is 10.1. The minimum atomic E-state index is -0.966. The Hall–Kier alpha value is -2.70. The van der Waals surface area contributed by atoms with Gasteiger partial charge < -0.3 is 14.2 Å². The Morgan fingerprint density at radius 1 is 1.47 bits per heavy atom. The van der Waals surface area contributed by atoms with Crippen LogP contribution in [-0.4, -0.2) is 30.8 Å². The number of nitrogens with zero attached hydrogens (tertiary/aromatic N) is 4. The van der Waals surface area contributed by atoms with Crippen molar-refractivity contribution in [1.82, 2.24) is 19.7 Å². The van der Waals surface area contributed by atoms with Gasteiger partial charge >= 0.3 is 5.97 Å². The lowest BCUT2D eigenvalue weighted by Crippen LogP contribution is -2.04. The zero-order valence-corrected chi connectivity index (χ0v) is 10.1. The minimum Gasteiger partial charge on any atom is -0.478 e. The molecular formula is C12H10N4O3. The number of carboxylic acid groups (broad SMARTS) is 1. The molecule has 0 amide bonds. The van der Waals surface area contributed by atoms with Crippen LogP contribution in [0.4, 0.5) is 0 Å². The van der Waals surface area contributed by atoms with Gasteiger partial charge in [-0.3, -0.25) is 0 Å². The predicted molar refractivity (Wildman–Crippen MR) is 64.8 cm³/mol. The van der Waals surface area contributed by atoms with Gasteiger partial charge in [0.1, 0.15) is 5.82 Å². The SMILES string of the molecule is Cc1nc2ccc(C(=O)O)cc2n1Cc1ncon1. The van der Waals surface area contributed by atoms with E-state index < -0.39 is 5.97 Å². The van der Waals surface area contributed by atoms with Gasteiger partial charge in [0.25, 0.3) is 0 Å². The van der Waals surface area contributed by atoms with Crippen LogP contribution in [0.2, 0.25) is 0 Å². The summed E-state index contributed by atoms with van der Waals surface area (Å²) in [5, 5.41) is 12.8. The second-order valence-corrected chi connectivity index (χ2v) is 4.10. The molecule has 1 aromatic carbocycles. The molecule has 0 spiro atoms. The Morgan fingerprint density at radius 2 is 2.32 bits per heavy atom. The summed E-state index contributed by atoms with van der Waals surface area (Å²) >= 11 is 0. The molecule has 19 heavy (non-hydrogen) atoms. The fourth-order valence-electron chi connectivity index (χ4n) is 1.98. The topological polar surface area (TPSA) is 94.0 Å². The maximum Gasteiger partial charge on any atom is 0.335 e. The van der Waals surface area contributed by atoms with Gasteiger partial charge in [0.15, 0.2) is 5.82 Å². The second-order valence-electron chi connectivity index (χ2n) is 4.10. The molecule has 0 saturated carbocycles. The highest BCUT2D eigenvalue weighted by Gasteiger charge is 2.12. The van der Waals surface area contributed by atoms with Crippen molar-refractivity contribution in [3.63, 3.8) is 0 Å². The number of hydrogen-bond acceptors (Lipinski definition) is 5. The summed E-state index contributed by atoms with van der Waals surface area (Å²) in [6, 6.07) is 4.83. The number of rotatable bonds is 3. The van der Waals surface area contributed by atoms with Gasteiger partial charge in [0.2, 0.25) is 6.39 Å². The molecule has 0 bridgehead atoms. The van der Waals surface area contributed by atoms with E-state index in [1.54, 1.807) is 12.1 Å². The molecule has 1 N–H and O–H groups in total. The molecule has 3 aromatic rings. The quantitative estimate of drug-likeness (QED) is 0.764. The normalized spacial score (nSPS) is 11.0. The third-order valence-electron chi connectivity index (χ3n) is 2.89. The Kier molecular flexibility index (Phi) is 2.52. The highest BCUT2D eigenvalue weighted by atomic mass is 16.5. The van der Waals surface area contributed by atoms with Crippen LogP contribution in [-0.2, 0) is 6.54 Å². The Morgan fingerprint density at radius 3 is 3.00 bits per heavy atom. The molecule has 0 fully saturated rings. The standard InChI is InChI=1S/C12H10N4O3/c1-7-14-9-3-2-8(12(17)18)4-10(9)16(7)5-11-13-6-19-15-11/h2-4,6H,5H2,1H3,(H,17,18). The molecule has 7 nitrogen and oxygen atoms in total. The molecule has 0 aliphatic carbocycles. The van der Waals surface area contributed by atoms with Gasteiger partial charge in [-0.15, -0.1) is 0 Å². The third kappa shape index (κ3) is 1.95. The van der Waals surface area contributed by atoms with Crippen LogP contribution in [0.25, 0.3) is 11.0 Å². The lowest BCUT2D eigenvalue weighted by Gasteiger charge is -2.03. The van der Waals surface area contributed by atoms with Crippen LogP contribution in [0.5, 0.6) is 0 Å². The average Bonchev–Trinajstić information content (AvgIpc) is 2.98. The van der Waals surface area contributed by atoms with E-state index in [0.717, 1.165) is 16.9 Å². The first-order valence-corrected chi connectivity index (χ1v) is 5.60. The molecule has 0 aliphatic heterocycles. The van der Waals surface area contributed by atoms with Crippen molar-refractivity contribution in [2.75, 3.05) is 0 Å². The molecular weight excluding hydrogens is 248 g/mol. The van der Waals surface area contributed by atoms with E-state index in [4.69, 9.17) is 5.11 Å². The summed E-state index contributed by atoms with van der Waals surface area (Å²) in [6.07, 6.45) is 1.26. The van der Waals surface area contributed by atoms with Gasteiger partial charge in [0.05, 0.1) is 23.1 Å². The van der Waals surface area contributed by atoms with Gasteiger partial charge in [-0.1, -0.05) is 5.16 Å². The molecule has 2 heterocycles. The Bertz CT molecular complexity index is 746. The minimum absolute atomic E-state index is 0.224. The largest absolute Gasteiger partial charge is 0.478 e. The van der Waals surface area contributed by atoms with Crippen LogP contribution in [0.3, 0.4) is 0 Å². The van der Waals surface area contributed by atoms with E-state index in [1.165, 1.54) is 12.5 Å². The summed E-state index contributed by atoms with van der Waals surface area (Å²) in [5.74, 6) is 0.317. The number of carbonyl (C=O) groups is 1. The lowest BCUT2D eigenvalue weighted by molar-refractivity contribution is 0.0697. The molecule has 3 rings (SSSR count). The van der Waals surface area contributed by atoms with Crippen molar-refractivity contribution >= 4 is 17.0 Å². The van der Waals surface area contributed by atoms with Crippen molar-refractivity contribution in [3.8, 4) is 0 Å². The van der Waals surface area contributed by atoms with Gasteiger partial charge in [-0.2, -0.15) is 4.98 Å². The van der Waals surface area contributed by atoms with E-state index >= 15 is 0 Å². The predicted octanol–water partition coefficient (Wildman–Crippen LogP) is 1.47. The molecule has 2 aromatic heterocycles. The first kappa shape index (κ1) is 11.4. The fourth-order valence-corrected chi connectivity index (χ4v) is 1.98. The monoisotopic (exact) mass is 258 g/mol. The second kappa shape index (κ2) is 4.20. The Labute approximate surface area is 107 Å². The van der Waals surface area contributed by atoms with E-state index in [2.05, 4.69) is 19.6 Å². The molecule has 0 saturated heterocycles. The number of carboxylic acids is 1. The van der Waals surface area contributed by atoms with Crippen molar-refractivity contribution < 1.29 is 14.4 Å². The molecule has 0 unspecified atom stereocenters. The van der Waals surface area contributed by atoms with Gasteiger partial charge in [-0.25, -0.2) is 9.78 Å². The van der Waals surface area contributed by atoms with Crippen molar-refractivity contribution in [2.24, 2.45) is 0 Å². The van der Waals surface area contributed by atoms with Crippen molar-refractivity contribution in [2.45, 2.75) is 13.5 Å². The highest BCUT2D eigenvalue weighted by molar-refractivity contribution is 5.92. The van der Waals surface area contributed by atoms with E-state index in [9.17, 15) is 4.79 Å². The van der Waals surface area contributed by atoms with Gasteiger partial charge in [0, 0.05) is 0 Å². The number of benzene rings is 1. The number of aromatic carboxylic acids is 1. The van der Waals surface area contributed by atoms with Crippen LogP contribution >= 0.6 is 0 Å². The van der Waals surface area contributed by atoms with Gasteiger partial charge in [-0.05, 0) is 25.1 Å². The summed E-state index contributed by atoms with van der Waals surface area (Å²) < 4.78 is 6.54. The zero-order chi connectivity index (χ0) is 13.4. The number of hydrogen-bond donors (Lipinski definition) is 1. The van der Waals surface area contributed by atoms with Crippen molar-refractivity contribution in [3.05, 3.63) is 41.8 Å². The smallest absolute Gasteiger partial charge is 0.335 e. The third-order valence-corrected chi connectivity index (χ3v) is 2.89. The maximum absolute atomic E-state index is 11.0. The average molecular weight is 258 g/mol. The number of aromatic nitrogens is 4. The number of imidazole rings is 1. The Balaban J connectivity index is 2.14. The van der Waals surface area contributed by atoms with Crippen LogP contribution in [0.1, 0.15) is 22.0 Å². The summed E-state index contributed by atoms with van der Waals surface area (Å²) in [4.78, 5) is 19.3. The van der Waals surface area contributed by atoms with E-state index in [0.29, 0.717) is 12.4 Å². The van der Waals surface area contributed by atoms with Crippen LogP contribution in [0.15, 0.2) is 29.1 Å². The van der Waals surface area contributed by atoms with E-state index in [-0.39, 0.29) is 5.56 Å². The molecule has 0 radical (unpaired) electrons. The van der Waals surface area contributed by atoms with Crippen molar-refractivity contribution in [1.29, 1.82) is 0 Å². The summed E-state index contributed by atoms with van der Waals surface area (Å²) in [5.41, 5.74) is 1.70. The molecule has 0 atom stereocenters. The maximum atomic E-state index is 11.0. The molecule has 7 heteroatoms. The highest BCUT2D eigenvalue weighted by Crippen LogP contribution is 2.18. The number of aryl methyl sites for hydroxylation is 1. The fraction of sp³-hybridized carbons (Fsp3) is 0.167. The molecule has 0 aliphatic rings. The van der Waals surface area contributed by atoms with E-state index in [1.807, 2.05) is 11.5 Å². The summed E-state index contributed by atoms with van der Waals surface area (Å²) in [7, 11) is 0. The first-order chi connectivity index (χ1) is 9.15. The number of fused-ring (bicyclic) bond motifs is 1.